The summed E-state index contributed by atoms with van der Waals surface area (Å²) in [5, 5.41) is 0. The summed E-state index contributed by atoms with van der Waals surface area (Å²) in [4.78, 5) is 8.28. The number of aromatic nitrogens is 1. The van der Waals surface area contributed by atoms with Crippen molar-refractivity contribution >= 4 is 11.4 Å². The minimum absolute atomic E-state index is 0.423. The largest absolute Gasteiger partial charge is 0.384 e. The Bertz CT molecular complexity index is 379. The molecular weight excluding hydrogens is 174 g/mol. The predicted octanol–water partition coefficient (Wildman–Crippen LogP) is 1.47. The highest BCUT2D eigenvalue weighted by Crippen LogP contribution is 2.24. The van der Waals surface area contributed by atoms with Gasteiger partial charge in [-0.2, -0.15) is 0 Å². The zero-order valence-electron chi connectivity index (χ0n) is 8.14. The summed E-state index contributed by atoms with van der Waals surface area (Å²) in [6, 6.07) is 3.98. The highest BCUT2D eigenvalue weighted by Gasteiger charge is 2.14. The third kappa shape index (κ3) is 1.66. The molecule has 0 saturated carbocycles. The van der Waals surface area contributed by atoms with Crippen molar-refractivity contribution in [2.24, 2.45) is 16.6 Å². The Morgan fingerprint density at radius 3 is 3.07 bits per heavy atom. The molecule has 1 unspecified atom stereocenters. The van der Waals surface area contributed by atoms with Gasteiger partial charge in [-0.15, -0.1) is 0 Å². The maximum atomic E-state index is 5.68. The van der Waals surface area contributed by atoms with Crippen molar-refractivity contribution in [3.63, 3.8) is 0 Å². The number of rotatable bonds is 1. The van der Waals surface area contributed by atoms with Crippen LogP contribution in [0.15, 0.2) is 35.6 Å². The molecule has 1 atom stereocenters. The van der Waals surface area contributed by atoms with Gasteiger partial charge in [-0.05, 0) is 23.3 Å². The molecule has 3 heteroatoms. The Morgan fingerprint density at radius 1 is 1.50 bits per heavy atom. The van der Waals surface area contributed by atoms with Crippen molar-refractivity contribution < 1.29 is 0 Å². The van der Waals surface area contributed by atoms with Gasteiger partial charge in [-0.3, -0.25) is 9.98 Å². The van der Waals surface area contributed by atoms with E-state index in [4.69, 9.17) is 5.73 Å². The number of hydrogen-bond donors (Lipinski definition) is 1. The van der Waals surface area contributed by atoms with Crippen molar-refractivity contribution in [2.45, 2.75) is 6.92 Å². The van der Waals surface area contributed by atoms with E-state index in [0.717, 1.165) is 12.1 Å². The van der Waals surface area contributed by atoms with E-state index in [2.05, 4.69) is 16.9 Å². The molecule has 72 valence electrons. The summed E-state index contributed by atoms with van der Waals surface area (Å²) in [6.45, 7) is 2.92. The topological polar surface area (TPSA) is 51.3 Å². The number of amidine groups is 1. The van der Waals surface area contributed by atoms with Crippen LogP contribution in [0.25, 0.3) is 5.57 Å². The van der Waals surface area contributed by atoms with Gasteiger partial charge >= 0.3 is 0 Å². The van der Waals surface area contributed by atoms with Gasteiger partial charge in [0.25, 0.3) is 0 Å². The van der Waals surface area contributed by atoms with E-state index in [1.54, 1.807) is 6.20 Å². The van der Waals surface area contributed by atoms with Crippen molar-refractivity contribution in [1.82, 2.24) is 4.98 Å². The smallest absolute Gasteiger partial charge is 0.118 e. The number of hydrogen-bond acceptors (Lipinski definition) is 3. The van der Waals surface area contributed by atoms with Crippen molar-refractivity contribution in [2.75, 3.05) is 6.54 Å². The Kier molecular flexibility index (Phi) is 2.31. The highest BCUT2D eigenvalue weighted by atomic mass is 14.9. The first-order chi connectivity index (χ1) is 6.77. The lowest BCUT2D eigenvalue weighted by molar-refractivity contribution is 0.752. The lowest BCUT2D eigenvalue weighted by Gasteiger charge is -2.18. The first-order valence-corrected chi connectivity index (χ1v) is 4.69. The second-order valence-electron chi connectivity index (χ2n) is 3.51. The second-order valence-corrected chi connectivity index (χ2v) is 3.51. The van der Waals surface area contributed by atoms with Crippen LogP contribution >= 0.6 is 0 Å². The minimum Gasteiger partial charge on any atom is -0.384 e. The van der Waals surface area contributed by atoms with E-state index in [0.29, 0.717) is 11.8 Å². The van der Waals surface area contributed by atoms with Crippen LogP contribution in [0.2, 0.25) is 0 Å². The van der Waals surface area contributed by atoms with Crippen LogP contribution in [-0.4, -0.2) is 17.4 Å². The zero-order chi connectivity index (χ0) is 9.97. The first kappa shape index (κ1) is 8.94. The third-order valence-electron chi connectivity index (χ3n) is 2.38. The summed E-state index contributed by atoms with van der Waals surface area (Å²) in [6.07, 6.45) is 5.57. The molecule has 1 aromatic rings. The molecule has 1 aromatic heterocycles. The summed E-state index contributed by atoms with van der Waals surface area (Å²) in [5.41, 5.74) is 8.04. The van der Waals surface area contributed by atoms with Gasteiger partial charge in [0.2, 0.25) is 0 Å². The quantitative estimate of drug-likeness (QED) is 0.723. The fraction of sp³-hybridized carbons (Fsp3) is 0.273. The monoisotopic (exact) mass is 187 g/mol. The molecular formula is C11H13N3. The van der Waals surface area contributed by atoms with Gasteiger partial charge in [0.05, 0.1) is 0 Å². The number of nitrogens with two attached hydrogens (primary N) is 1. The van der Waals surface area contributed by atoms with Crippen molar-refractivity contribution in [3.05, 3.63) is 36.2 Å². The minimum atomic E-state index is 0.423. The van der Waals surface area contributed by atoms with E-state index in [1.165, 1.54) is 5.57 Å². The maximum Gasteiger partial charge on any atom is 0.118 e. The Balaban J connectivity index is 2.38. The van der Waals surface area contributed by atoms with Gasteiger partial charge in [-0.1, -0.05) is 13.0 Å². The van der Waals surface area contributed by atoms with Crippen molar-refractivity contribution in [1.29, 1.82) is 0 Å². The molecule has 0 spiro atoms. The summed E-state index contributed by atoms with van der Waals surface area (Å²) in [5.74, 6) is 1.04. The zero-order valence-corrected chi connectivity index (χ0v) is 8.14. The molecule has 0 fully saturated rings. The number of dihydropyridines is 1. The lowest BCUT2D eigenvalue weighted by Crippen LogP contribution is -2.18. The van der Waals surface area contributed by atoms with Crippen LogP contribution in [0.3, 0.4) is 0 Å². The van der Waals surface area contributed by atoms with Crippen LogP contribution < -0.4 is 5.73 Å². The average molecular weight is 187 g/mol. The fourth-order valence-electron chi connectivity index (χ4n) is 1.59. The van der Waals surface area contributed by atoms with E-state index in [9.17, 15) is 0 Å². The molecule has 2 rings (SSSR count). The molecule has 3 nitrogen and oxygen atoms in total. The summed E-state index contributed by atoms with van der Waals surface area (Å²) in [7, 11) is 0. The normalized spacial score (nSPS) is 21.4. The Hall–Kier alpha value is -1.64. The summed E-state index contributed by atoms with van der Waals surface area (Å²) >= 11 is 0. The van der Waals surface area contributed by atoms with Crippen LogP contribution in [-0.2, 0) is 0 Å². The predicted molar refractivity (Wildman–Crippen MR) is 57.9 cm³/mol. The first-order valence-electron chi connectivity index (χ1n) is 4.69. The molecule has 0 aromatic carbocycles. The fourth-order valence-corrected chi connectivity index (χ4v) is 1.59. The molecule has 1 aliphatic heterocycles. The number of nitrogens with zero attached hydrogens (tertiary/aromatic N) is 2. The van der Waals surface area contributed by atoms with E-state index in [-0.39, 0.29) is 0 Å². The molecule has 0 saturated heterocycles. The van der Waals surface area contributed by atoms with E-state index >= 15 is 0 Å². The molecule has 2 heterocycles. The molecule has 2 N–H and O–H groups in total. The Morgan fingerprint density at radius 2 is 2.36 bits per heavy atom. The van der Waals surface area contributed by atoms with Gasteiger partial charge in [0.1, 0.15) is 5.84 Å². The Labute approximate surface area is 83.4 Å². The van der Waals surface area contributed by atoms with Gasteiger partial charge in [0.15, 0.2) is 0 Å². The van der Waals surface area contributed by atoms with Crippen LogP contribution in [0.1, 0.15) is 12.5 Å². The number of pyridine rings is 1. The second kappa shape index (κ2) is 3.62. The van der Waals surface area contributed by atoms with Gasteiger partial charge in [-0.25, -0.2) is 0 Å². The van der Waals surface area contributed by atoms with Crippen LogP contribution in [0.4, 0.5) is 0 Å². The van der Waals surface area contributed by atoms with Gasteiger partial charge in [0, 0.05) is 24.9 Å². The van der Waals surface area contributed by atoms with E-state index in [1.807, 2.05) is 24.4 Å². The molecule has 0 aliphatic carbocycles. The molecule has 0 bridgehead atoms. The molecule has 0 amide bonds. The maximum absolute atomic E-state index is 5.68. The van der Waals surface area contributed by atoms with E-state index < -0.39 is 0 Å². The van der Waals surface area contributed by atoms with Crippen LogP contribution in [0.5, 0.6) is 0 Å². The lowest BCUT2D eigenvalue weighted by atomic mass is 9.93. The third-order valence-corrected chi connectivity index (χ3v) is 2.38. The van der Waals surface area contributed by atoms with Crippen LogP contribution in [0, 0.1) is 5.92 Å². The summed E-state index contributed by atoms with van der Waals surface area (Å²) < 4.78 is 0. The highest BCUT2D eigenvalue weighted by molar-refractivity contribution is 5.99. The van der Waals surface area contributed by atoms with Gasteiger partial charge < -0.3 is 5.73 Å². The molecule has 14 heavy (non-hydrogen) atoms. The molecule has 0 radical (unpaired) electrons. The molecule has 1 aliphatic rings. The standard InChI is InChI=1S/C11H13N3/c1-8-6-14-11(12)5-10(8)9-3-2-4-13-7-9/h2-5,7-8H,6H2,1H3,(H2,12,14). The SMILES string of the molecule is CC1CN=C(N)C=C1c1cccnc1. The number of aliphatic imine (C=N–C) groups is 1. The average Bonchev–Trinajstić information content (AvgIpc) is 2.23. The van der Waals surface area contributed by atoms with Crippen molar-refractivity contribution in [3.8, 4) is 0 Å².